The van der Waals surface area contributed by atoms with Crippen LogP contribution >= 0.6 is 0 Å². The van der Waals surface area contributed by atoms with Crippen LogP contribution in [0.1, 0.15) is 37.6 Å². The maximum atomic E-state index is 10.6. The minimum atomic E-state index is -5.08. The molecule has 0 aliphatic carbocycles. The van der Waals surface area contributed by atoms with Gasteiger partial charge in [-0.2, -0.15) is 26.3 Å². The molecule has 1 aliphatic heterocycles. The van der Waals surface area contributed by atoms with Crippen molar-refractivity contribution >= 4 is 11.9 Å². The minimum Gasteiger partial charge on any atom is -0.475 e. The number of nitrogens with zero attached hydrogens (tertiary/aromatic N) is 4. The van der Waals surface area contributed by atoms with Crippen molar-refractivity contribution in [1.29, 1.82) is 0 Å². The number of rotatable bonds is 7. The van der Waals surface area contributed by atoms with Gasteiger partial charge in [-0.1, -0.05) is 13.8 Å². The zero-order valence-electron chi connectivity index (χ0n) is 19.6. The Kier molecular flexibility index (Phi) is 11.9. The van der Waals surface area contributed by atoms with Gasteiger partial charge < -0.3 is 24.1 Å². The Hall–Kier alpha value is -3.07. The average molecular weight is 530 g/mol. The molecule has 1 atom stereocenters. The summed E-state index contributed by atoms with van der Waals surface area (Å²) in [4.78, 5) is 27.1. The van der Waals surface area contributed by atoms with E-state index in [2.05, 4.69) is 39.3 Å². The van der Waals surface area contributed by atoms with E-state index in [1.165, 1.54) is 17.7 Å². The molecule has 0 saturated heterocycles. The predicted octanol–water partition coefficient (Wildman–Crippen LogP) is 4.03. The summed E-state index contributed by atoms with van der Waals surface area (Å²) in [5, 5.41) is 14.2. The standard InChI is InChI=1S/C17H26N4O.2C2HF3O2/c1-3-19(4-2)7-5-16-11-20(10-15-6-8-22-13-15)12-17-9-18-14-21(16)17;2*3-2(4,5)1(6)7/h6,8-9,13-14,16H,3-5,7,10-12H2,1-2H3;2*(H,6,7). The number of furan rings is 1. The number of halogens is 6. The van der Waals surface area contributed by atoms with E-state index in [1.54, 1.807) is 6.26 Å². The lowest BCUT2D eigenvalue weighted by Gasteiger charge is -2.35. The van der Waals surface area contributed by atoms with Crippen molar-refractivity contribution in [1.82, 2.24) is 19.4 Å². The quantitative estimate of drug-likeness (QED) is 0.517. The summed E-state index contributed by atoms with van der Waals surface area (Å²) in [7, 11) is 0. The second kappa shape index (κ2) is 13.9. The molecule has 9 nitrogen and oxygen atoms in total. The molecule has 1 unspecified atom stereocenters. The molecular weight excluding hydrogens is 502 g/mol. The Morgan fingerprint density at radius 2 is 1.67 bits per heavy atom. The molecule has 36 heavy (non-hydrogen) atoms. The van der Waals surface area contributed by atoms with Crippen LogP contribution in [-0.2, 0) is 22.7 Å². The van der Waals surface area contributed by atoms with Crippen LogP contribution in [0.2, 0.25) is 0 Å². The van der Waals surface area contributed by atoms with E-state index < -0.39 is 24.3 Å². The number of aliphatic carboxylic acids is 2. The highest BCUT2D eigenvalue weighted by Gasteiger charge is 2.38. The number of hydrogen-bond donors (Lipinski definition) is 2. The van der Waals surface area contributed by atoms with Crippen LogP contribution in [0.15, 0.2) is 35.5 Å². The van der Waals surface area contributed by atoms with E-state index in [1.807, 2.05) is 18.8 Å². The Bertz CT molecular complexity index is 902. The van der Waals surface area contributed by atoms with Gasteiger partial charge in [0.15, 0.2) is 0 Å². The maximum Gasteiger partial charge on any atom is 0.490 e. The first-order valence-corrected chi connectivity index (χ1v) is 10.8. The number of aromatic nitrogens is 2. The Morgan fingerprint density at radius 3 is 2.11 bits per heavy atom. The van der Waals surface area contributed by atoms with Crippen LogP contribution in [0.25, 0.3) is 0 Å². The van der Waals surface area contributed by atoms with Gasteiger partial charge >= 0.3 is 24.3 Å². The highest BCUT2D eigenvalue weighted by molar-refractivity contribution is 5.73. The lowest BCUT2D eigenvalue weighted by molar-refractivity contribution is -0.193. The lowest BCUT2D eigenvalue weighted by atomic mass is 10.1. The van der Waals surface area contributed by atoms with E-state index in [9.17, 15) is 26.3 Å². The Labute approximate surface area is 202 Å². The van der Waals surface area contributed by atoms with E-state index >= 15 is 0 Å². The fourth-order valence-corrected chi connectivity index (χ4v) is 3.33. The number of carboxylic acid groups (broad SMARTS) is 2. The molecule has 0 bridgehead atoms. The number of imidazole rings is 1. The van der Waals surface area contributed by atoms with Gasteiger partial charge in [0.05, 0.1) is 24.5 Å². The molecular formula is C21H28F6N4O5. The van der Waals surface area contributed by atoms with Gasteiger partial charge in [-0.25, -0.2) is 14.6 Å². The Morgan fingerprint density at radius 1 is 1.11 bits per heavy atom. The molecule has 2 N–H and O–H groups in total. The summed E-state index contributed by atoms with van der Waals surface area (Å²) in [5.41, 5.74) is 2.56. The van der Waals surface area contributed by atoms with E-state index in [0.717, 1.165) is 39.3 Å². The van der Waals surface area contributed by atoms with Gasteiger partial charge in [0, 0.05) is 44.0 Å². The minimum absolute atomic E-state index is 0.513. The number of carboxylic acids is 2. The second-order valence-electron chi connectivity index (χ2n) is 7.67. The van der Waals surface area contributed by atoms with Gasteiger partial charge in [-0.05, 0) is 25.6 Å². The molecule has 0 saturated carbocycles. The summed E-state index contributed by atoms with van der Waals surface area (Å²) < 4.78 is 71.0. The normalized spacial score (nSPS) is 15.9. The first kappa shape index (κ1) is 31.0. The molecule has 0 spiro atoms. The lowest BCUT2D eigenvalue weighted by Crippen LogP contribution is -2.38. The van der Waals surface area contributed by atoms with Gasteiger partial charge in [-0.15, -0.1) is 0 Å². The molecule has 15 heteroatoms. The average Bonchev–Trinajstić information content (AvgIpc) is 3.46. The summed E-state index contributed by atoms with van der Waals surface area (Å²) >= 11 is 0. The first-order valence-electron chi connectivity index (χ1n) is 10.8. The van der Waals surface area contributed by atoms with Crippen LogP contribution in [0, 0.1) is 0 Å². The van der Waals surface area contributed by atoms with Gasteiger partial charge in [-0.3, -0.25) is 4.90 Å². The molecule has 0 aromatic carbocycles. The van der Waals surface area contributed by atoms with Gasteiger partial charge in [0.1, 0.15) is 0 Å². The van der Waals surface area contributed by atoms with Crippen molar-refractivity contribution in [3.63, 3.8) is 0 Å². The predicted molar refractivity (Wildman–Crippen MR) is 114 cm³/mol. The van der Waals surface area contributed by atoms with Crippen LogP contribution in [0.5, 0.6) is 0 Å². The van der Waals surface area contributed by atoms with Crippen molar-refractivity contribution in [2.24, 2.45) is 0 Å². The molecule has 2 aromatic heterocycles. The maximum absolute atomic E-state index is 10.6. The Balaban J connectivity index is 0.000000383. The summed E-state index contributed by atoms with van der Waals surface area (Å²) in [6.07, 6.45) is -1.39. The molecule has 1 aliphatic rings. The summed E-state index contributed by atoms with van der Waals surface area (Å²) in [6.45, 7) is 10.9. The third kappa shape index (κ3) is 10.7. The molecule has 204 valence electrons. The zero-order valence-corrected chi connectivity index (χ0v) is 19.6. The molecule has 2 aromatic rings. The first-order chi connectivity index (χ1) is 16.7. The van der Waals surface area contributed by atoms with Crippen molar-refractivity contribution in [3.05, 3.63) is 42.4 Å². The number of fused-ring (bicyclic) bond motifs is 1. The number of hydrogen-bond acceptors (Lipinski definition) is 6. The summed E-state index contributed by atoms with van der Waals surface area (Å²) in [5.74, 6) is -5.51. The van der Waals surface area contributed by atoms with Crippen LogP contribution in [0.4, 0.5) is 26.3 Å². The monoisotopic (exact) mass is 530 g/mol. The SMILES string of the molecule is CCN(CC)CCC1CN(Cc2ccoc2)Cc2cncn21.O=C(O)C(F)(F)F.O=C(O)C(F)(F)F. The smallest absolute Gasteiger partial charge is 0.475 e. The fourth-order valence-electron chi connectivity index (χ4n) is 3.33. The van der Waals surface area contributed by atoms with Gasteiger partial charge in [0.2, 0.25) is 0 Å². The van der Waals surface area contributed by atoms with Crippen molar-refractivity contribution in [2.45, 2.75) is 51.8 Å². The molecule has 0 fully saturated rings. The van der Waals surface area contributed by atoms with Gasteiger partial charge in [0.25, 0.3) is 0 Å². The van der Waals surface area contributed by atoms with Crippen molar-refractivity contribution in [2.75, 3.05) is 26.2 Å². The van der Waals surface area contributed by atoms with Crippen molar-refractivity contribution in [3.8, 4) is 0 Å². The third-order valence-corrected chi connectivity index (χ3v) is 5.14. The number of carbonyl (C=O) groups is 2. The van der Waals surface area contributed by atoms with E-state index in [-0.39, 0.29) is 0 Å². The van der Waals surface area contributed by atoms with E-state index in [0.29, 0.717) is 6.04 Å². The third-order valence-electron chi connectivity index (χ3n) is 5.14. The highest BCUT2D eigenvalue weighted by Crippen LogP contribution is 2.25. The van der Waals surface area contributed by atoms with E-state index in [4.69, 9.17) is 24.2 Å². The second-order valence-corrected chi connectivity index (χ2v) is 7.67. The molecule has 3 heterocycles. The molecule has 0 radical (unpaired) electrons. The van der Waals surface area contributed by atoms with Crippen LogP contribution in [0.3, 0.4) is 0 Å². The molecule has 0 amide bonds. The fraction of sp³-hybridized carbons (Fsp3) is 0.571. The largest absolute Gasteiger partial charge is 0.490 e. The summed E-state index contributed by atoms with van der Waals surface area (Å²) in [6, 6.07) is 2.57. The van der Waals surface area contributed by atoms with Crippen molar-refractivity contribution < 1.29 is 50.6 Å². The highest BCUT2D eigenvalue weighted by atomic mass is 19.4. The molecule has 3 rings (SSSR count). The zero-order chi connectivity index (χ0) is 27.5. The topological polar surface area (TPSA) is 112 Å². The van der Waals surface area contributed by atoms with Crippen LogP contribution < -0.4 is 0 Å². The number of alkyl halides is 6. The van der Waals surface area contributed by atoms with Crippen LogP contribution in [-0.4, -0.2) is 80.0 Å².